The zero-order valence-corrected chi connectivity index (χ0v) is 11.7. The summed E-state index contributed by atoms with van der Waals surface area (Å²) in [7, 11) is 0. The van der Waals surface area contributed by atoms with Crippen LogP contribution in [0, 0.1) is 6.92 Å². The van der Waals surface area contributed by atoms with E-state index in [2.05, 4.69) is 26.1 Å². The van der Waals surface area contributed by atoms with Gasteiger partial charge in [0, 0.05) is 16.3 Å². The summed E-state index contributed by atoms with van der Waals surface area (Å²) in [5, 5.41) is 17.8. The third-order valence-electron chi connectivity index (χ3n) is 2.13. The molecule has 0 saturated carbocycles. The van der Waals surface area contributed by atoms with Crippen LogP contribution in [0.1, 0.15) is 24.5 Å². The molecule has 4 nitrogen and oxygen atoms in total. The Bertz CT molecular complexity index is 528. The molecule has 0 bridgehead atoms. The van der Waals surface area contributed by atoms with Gasteiger partial charge in [0.25, 0.3) is 5.22 Å². The van der Waals surface area contributed by atoms with Crippen molar-refractivity contribution < 1.29 is 9.52 Å². The maximum Gasteiger partial charge on any atom is 0.281 e. The van der Waals surface area contributed by atoms with Gasteiger partial charge in [-0.15, -0.1) is 10.2 Å². The second kappa shape index (κ2) is 5.20. The number of halogens is 1. The highest BCUT2D eigenvalue weighted by molar-refractivity contribution is 9.10. The molecular weight excluding hydrogens is 304 g/mol. The molecule has 0 aliphatic heterocycles. The Morgan fingerprint density at radius 2 is 2.18 bits per heavy atom. The first-order chi connectivity index (χ1) is 8.06. The van der Waals surface area contributed by atoms with Gasteiger partial charge in [-0.1, -0.05) is 22.0 Å². The maximum atomic E-state index is 9.68. The summed E-state index contributed by atoms with van der Waals surface area (Å²) in [6, 6.07) is 5.69. The van der Waals surface area contributed by atoms with E-state index in [0.29, 0.717) is 11.1 Å². The van der Waals surface area contributed by atoms with Crippen LogP contribution in [-0.2, 0) is 0 Å². The molecule has 0 fully saturated rings. The molecule has 2 rings (SSSR count). The molecule has 17 heavy (non-hydrogen) atoms. The minimum Gasteiger partial charge on any atom is -0.416 e. The summed E-state index contributed by atoms with van der Waals surface area (Å²) in [6.45, 7) is 3.47. The Morgan fingerprint density at radius 3 is 2.76 bits per heavy atom. The Kier molecular flexibility index (Phi) is 3.86. The van der Waals surface area contributed by atoms with Crippen LogP contribution in [0.4, 0.5) is 0 Å². The summed E-state index contributed by atoms with van der Waals surface area (Å²) in [5.41, 5.74) is 0.842. The third-order valence-corrected chi connectivity index (χ3v) is 3.54. The molecule has 6 heteroatoms. The van der Waals surface area contributed by atoms with Crippen LogP contribution in [0.2, 0.25) is 0 Å². The minimum absolute atomic E-state index is 0.475. The summed E-state index contributed by atoms with van der Waals surface area (Å²) >= 11 is 4.75. The lowest BCUT2D eigenvalue weighted by atomic mass is 10.1. The second-order valence-corrected chi connectivity index (χ2v) is 5.46. The first kappa shape index (κ1) is 12.6. The van der Waals surface area contributed by atoms with Gasteiger partial charge in [0.15, 0.2) is 0 Å². The van der Waals surface area contributed by atoms with E-state index in [1.54, 1.807) is 13.8 Å². The van der Waals surface area contributed by atoms with Crippen LogP contribution in [0.15, 0.2) is 37.2 Å². The molecule has 1 atom stereocenters. The van der Waals surface area contributed by atoms with Crippen molar-refractivity contribution in [2.75, 3.05) is 0 Å². The Hall–Kier alpha value is -0.850. The number of rotatable bonds is 3. The van der Waals surface area contributed by atoms with Crippen LogP contribution < -0.4 is 0 Å². The number of nitrogens with zero attached hydrogens (tertiary/aromatic N) is 2. The second-order valence-electron chi connectivity index (χ2n) is 3.55. The van der Waals surface area contributed by atoms with E-state index in [9.17, 15) is 5.11 Å². The maximum absolute atomic E-state index is 9.68. The summed E-state index contributed by atoms with van der Waals surface area (Å²) in [6.07, 6.45) is -0.533. The van der Waals surface area contributed by atoms with Crippen LogP contribution in [0.3, 0.4) is 0 Å². The van der Waals surface area contributed by atoms with E-state index < -0.39 is 6.10 Å². The highest BCUT2D eigenvalue weighted by atomic mass is 79.9. The van der Waals surface area contributed by atoms with Gasteiger partial charge in [-0.2, -0.15) is 0 Å². The van der Waals surface area contributed by atoms with Gasteiger partial charge >= 0.3 is 0 Å². The molecule has 0 amide bonds. The van der Waals surface area contributed by atoms with E-state index >= 15 is 0 Å². The average molecular weight is 315 g/mol. The largest absolute Gasteiger partial charge is 0.416 e. The van der Waals surface area contributed by atoms with Crippen molar-refractivity contribution >= 4 is 27.7 Å². The predicted octanol–water partition coefficient (Wildman–Crippen LogP) is 3.35. The lowest BCUT2D eigenvalue weighted by molar-refractivity contribution is 0.196. The molecule has 1 aromatic heterocycles. The number of aliphatic hydroxyl groups excluding tert-OH is 1. The zero-order chi connectivity index (χ0) is 12.4. The molecule has 1 aromatic carbocycles. The fraction of sp³-hybridized carbons (Fsp3) is 0.273. The molecule has 1 unspecified atom stereocenters. The highest BCUT2D eigenvalue weighted by Gasteiger charge is 2.13. The molecule has 90 valence electrons. The van der Waals surface area contributed by atoms with Crippen LogP contribution >= 0.6 is 27.7 Å². The standard InChI is InChI=1S/C11H11BrN2O2S/c1-6(15)9-4-3-8(12)5-10(9)17-11-14-13-7(2)16-11/h3-6,15H,1-2H3. The SMILES string of the molecule is Cc1nnc(Sc2cc(Br)ccc2C(C)O)o1. The van der Waals surface area contributed by atoms with Crippen molar-refractivity contribution in [2.24, 2.45) is 0 Å². The molecule has 0 spiro atoms. The third kappa shape index (κ3) is 3.08. The monoisotopic (exact) mass is 314 g/mol. The number of aromatic nitrogens is 2. The summed E-state index contributed by atoms with van der Waals surface area (Å²) in [4.78, 5) is 0.901. The van der Waals surface area contributed by atoms with Gasteiger partial charge in [-0.25, -0.2) is 0 Å². The highest BCUT2D eigenvalue weighted by Crippen LogP contribution is 2.34. The fourth-order valence-electron chi connectivity index (χ4n) is 1.36. The van der Waals surface area contributed by atoms with Crippen molar-refractivity contribution in [2.45, 2.75) is 30.1 Å². The quantitative estimate of drug-likeness (QED) is 0.941. The first-order valence-corrected chi connectivity index (χ1v) is 6.62. The Labute approximate surface area is 112 Å². The Morgan fingerprint density at radius 1 is 1.41 bits per heavy atom. The van der Waals surface area contributed by atoms with E-state index in [4.69, 9.17) is 4.42 Å². The number of hydrogen-bond acceptors (Lipinski definition) is 5. The van der Waals surface area contributed by atoms with E-state index in [1.165, 1.54) is 11.8 Å². The van der Waals surface area contributed by atoms with E-state index in [-0.39, 0.29) is 0 Å². The number of benzene rings is 1. The lowest BCUT2D eigenvalue weighted by Gasteiger charge is -2.10. The Balaban J connectivity index is 2.33. The molecule has 1 heterocycles. The van der Waals surface area contributed by atoms with Gasteiger partial charge in [-0.3, -0.25) is 0 Å². The number of aliphatic hydroxyl groups is 1. The van der Waals surface area contributed by atoms with Crippen molar-refractivity contribution in [1.82, 2.24) is 10.2 Å². The predicted molar refractivity (Wildman–Crippen MR) is 67.9 cm³/mol. The van der Waals surface area contributed by atoms with E-state index in [1.807, 2.05) is 18.2 Å². The first-order valence-electron chi connectivity index (χ1n) is 5.01. The van der Waals surface area contributed by atoms with Gasteiger partial charge in [0.05, 0.1) is 6.10 Å². The molecule has 2 aromatic rings. The fourth-order valence-corrected chi connectivity index (χ4v) is 2.84. The van der Waals surface area contributed by atoms with Crippen molar-refractivity contribution in [3.63, 3.8) is 0 Å². The van der Waals surface area contributed by atoms with Crippen molar-refractivity contribution in [3.05, 3.63) is 34.1 Å². The topological polar surface area (TPSA) is 59.2 Å². The van der Waals surface area contributed by atoms with Crippen molar-refractivity contribution in [3.8, 4) is 0 Å². The molecule has 0 aliphatic rings. The van der Waals surface area contributed by atoms with Gasteiger partial charge in [0.2, 0.25) is 5.89 Å². The van der Waals surface area contributed by atoms with Gasteiger partial charge < -0.3 is 9.52 Å². The minimum atomic E-state index is -0.533. The molecule has 0 saturated heterocycles. The molecule has 0 radical (unpaired) electrons. The summed E-state index contributed by atoms with van der Waals surface area (Å²) in [5.74, 6) is 0.529. The number of hydrogen-bond donors (Lipinski definition) is 1. The lowest BCUT2D eigenvalue weighted by Crippen LogP contribution is -1.93. The smallest absolute Gasteiger partial charge is 0.281 e. The molecule has 0 aliphatic carbocycles. The number of aryl methyl sites for hydroxylation is 1. The summed E-state index contributed by atoms with van der Waals surface area (Å²) < 4.78 is 6.25. The van der Waals surface area contributed by atoms with Crippen molar-refractivity contribution in [1.29, 1.82) is 0 Å². The van der Waals surface area contributed by atoms with Crippen LogP contribution in [0.25, 0.3) is 0 Å². The normalized spacial score (nSPS) is 12.7. The van der Waals surface area contributed by atoms with Crippen LogP contribution in [0.5, 0.6) is 0 Å². The van der Waals surface area contributed by atoms with Gasteiger partial charge in [-0.05, 0) is 36.4 Å². The van der Waals surface area contributed by atoms with Crippen LogP contribution in [-0.4, -0.2) is 15.3 Å². The molecule has 1 N–H and O–H groups in total. The van der Waals surface area contributed by atoms with E-state index in [0.717, 1.165) is 14.9 Å². The zero-order valence-electron chi connectivity index (χ0n) is 9.35. The van der Waals surface area contributed by atoms with Gasteiger partial charge in [0.1, 0.15) is 0 Å². The molecular formula is C11H11BrN2O2S. The average Bonchev–Trinajstić information content (AvgIpc) is 2.63.